The summed E-state index contributed by atoms with van der Waals surface area (Å²) >= 11 is 0. The van der Waals surface area contributed by atoms with Crippen LogP contribution in [-0.2, 0) is 9.53 Å². The molecule has 0 unspecified atom stereocenters. The lowest BCUT2D eigenvalue weighted by Crippen LogP contribution is -2.38. The molecule has 6 heteroatoms. The van der Waals surface area contributed by atoms with E-state index in [9.17, 15) is 14.4 Å². The van der Waals surface area contributed by atoms with Crippen molar-refractivity contribution in [2.45, 2.75) is 13.8 Å². The number of esters is 1. The average molecular weight is 252 g/mol. The zero-order valence-electron chi connectivity index (χ0n) is 10.6. The van der Waals surface area contributed by atoms with Crippen molar-refractivity contribution in [2.75, 3.05) is 20.2 Å². The van der Waals surface area contributed by atoms with Gasteiger partial charge in [0.15, 0.2) is 5.43 Å². The smallest absolute Gasteiger partial charge is 0.325 e. The molecule has 18 heavy (non-hydrogen) atoms. The summed E-state index contributed by atoms with van der Waals surface area (Å²) in [6.45, 7) is 3.60. The minimum Gasteiger partial charge on any atom is -0.468 e. The highest BCUT2D eigenvalue weighted by Gasteiger charge is 2.19. The number of hydrogen-bond acceptors (Lipinski definition) is 4. The predicted molar refractivity (Wildman–Crippen MR) is 65.4 cm³/mol. The first-order valence-corrected chi connectivity index (χ1v) is 5.55. The Kier molecular flexibility index (Phi) is 4.65. The third kappa shape index (κ3) is 3.19. The first kappa shape index (κ1) is 14.0. The summed E-state index contributed by atoms with van der Waals surface area (Å²) < 4.78 is 4.50. The molecule has 98 valence electrons. The zero-order valence-corrected chi connectivity index (χ0v) is 10.6. The number of nitrogens with zero attached hydrogens (tertiary/aromatic N) is 1. The Morgan fingerprint density at radius 3 is 2.61 bits per heavy atom. The minimum atomic E-state index is -0.520. The van der Waals surface area contributed by atoms with Gasteiger partial charge in [-0.3, -0.25) is 14.4 Å². The van der Waals surface area contributed by atoms with Crippen LogP contribution in [0.5, 0.6) is 0 Å². The highest BCUT2D eigenvalue weighted by molar-refractivity contribution is 5.95. The average Bonchev–Trinajstić information content (AvgIpc) is 2.34. The molecule has 1 N–H and O–H groups in total. The van der Waals surface area contributed by atoms with E-state index < -0.39 is 11.9 Å². The number of rotatable bonds is 4. The molecule has 0 radical (unpaired) electrons. The summed E-state index contributed by atoms with van der Waals surface area (Å²) in [5.41, 5.74) is 0.332. The van der Waals surface area contributed by atoms with Crippen LogP contribution in [0.2, 0.25) is 0 Å². The molecule has 0 saturated carbocycles. The number of carbonyl (C=O) groups excluding carboxylic acids is 2. The Labute approximate surface area is 105 Å². The number of ether oxygens (including phenoxy) is 1. The topological polar surface area (TPSA) is 79.5 Å². The molecule has 1 amide bonds. The molecule has 1 heterocycles. The summed E-state index contributed by atoms with van der Waals surface area (Å²) in [5, 5.41) is 0. The third-order valence-corrected chi connectivity index (χ3v) is 2.50. The monoisotopic (exact) mass is 252 g/mol. The Morgan fingerprint density at radius 1 is 1.44 bits per heavy atom. The van der Waals surface area contributed by atoms with Crippen LogP contribution in [0.3, 0.4) is 0 Å². The molecule has 6 nitrogen and oxygen atoms in total. The molecule has 1 aromatic heterocycles. The van der Waals surface area contributed by atoms with Gasteiger partial charge < -0.3 is 14.6 Å². The molecule has 1 rings (SSSR count). The Bertz CT molecular complexity index is 507. The van der Waals surface area contributed by atoms with E-state index in [4.69, 9.17) is 0 Å². The largest absolute Gasteiger partial charge is 0.468 e. The Morgan fingerprint density at radius 2 is 2.11 bits per heavy atom. The predicted octanol–water partition coefficient (Wildman–Crippen LogP) is 0.318. The van der Waals surface area contributed by atoms with Crippen molar-refractivity contribution in [3.63, 3.8) is 0 Å². The van der Waals surface area contributed by atoms with E-state index in [1.165, 1.54) is 24.3 Å². The van der Waals surface area contributed by atoms with Gasteiger partial charge >= 0.3 is 5.97 Å². The van der Waals surface area contributed by atoms with E-state index in [2.05, 4.69) is 9.72 Å². The van der Waals surface area contributed by atoms with Crippen molar-refractivity contribution < 1.29 is 14.3 Å². The lowest BCUT2D eigenvalue weighted by molar-refractivity contribution is -0.141. The van der Waals surface area contributed by atoms with Gasteiger partial charge in [0, 0.05) is 24.5 Å². The van der Waals surface area contributed by atoms with Crippen LogP contribution in [0.25, 0.3) is 0 Å². The van der Waals surface area contributed by atoms with E-state index in [0.717, 1.165) is 0 Å². The van der Waals surface area contributed by atoms with Crippen molar-refractivity contribution in [1.82, 2.24) is 9.88 Å². The second-order valence-electron chi connectivity index (χ2n) is 3.79. The molecule has 0 saturated heterocycles. The third-order valence-electron chi connectivity index (χ3n) is 2.50. The fraction of sp³-hybridized carbons (Fsp3) is 0.417. The normalized spacial score (nSPS) is 9.94. The molecule has 0 atom stereocenters. The second kappa shape index (κ2) is 6.00. The van der Waals surface area contributed by atoms with E-state index in [1.54, 1.807) is 13.8 Å². The van der Waals surface area contributed by atoms with Gasteiger partial charge in [-0.1, -0.05) is 0 Å². The van der Waals surface area contributed by atoms with Gasteiger partial charge in [0.25, 0.3) is 5.91 Å². The SMILES string of the molecule is CCN(CC(=O)OC)C(=O)c1c[nH]c(C)cc1=O. The fourth-order valence-electron chi connectivity index (χ4n) is 1.46. The van der Waals surface area contributed by atoms with Crippen LogP contribution >= 0.6 is 0 Å². The van der Waals surface area contributed by atoms with Gasteiger partial charge in [-0.25, -0.2) is 0 Å². The van der Waals surface area contributed by atoms with Crippen molar-refractivity contribution in [3.05, 3.63) is 33.7 Å². The molecule has 1 aromatic rings. The van der Waals surface area contributed by atoms with Gasteiger partial charge in [-0.05, 0) is 13.8 Å². The van der Waals surface area contributed by atoms with Crippen LogP contribution in [-0.4, -0.2) is 42.0 Å². The van der Waals surface area contributed by atoms with Gasteiger partial charge in [-0.15, -0.1) is 0 Å². The van der Waals surface area contributed by atoms with Crippen LogP contribution in [0.15, 0.2) is 17.1 Å². The number of nitrogens with one attached hydrogen (secondary N) is 1. The molecular weight excluding hydrogens is 236 g/mol. The number of methoxy groups -OCH3 is 1. The van der Waals surface area contributed by atoms with E-state index >= 15 is 0 Å². The van der Waals surface area contributed by atoms with Gasteiger partial charge in [0.2, 0.25) is 0 Å². The van der Waals surface area contributed by atoms with Gasteiger partial charge in [0.1, 0.15) is 12.1 Å². The maximum absolute atomic E-state index is 12.1. The second-order valence-corrected chi connectivity index (χ2v) is 3.79. The van der Waals surface area contributed by atoms with E-state index in [-0.39, 0.29) is 17.5 Å². The van der Waals surface area contributed by atoms with Crippen molar-refractivity contribution in [3.8, 4) is 0 Å². The summed E-state index contributed by atoms with van der Waals surface area (Å²) in [6.07, 6.45) is 1.36. The number of pyridine rings is 1. The number of H-pyrrole nitrogens is 1. The Hall–Kier alpha value is -2.11. The van der Waals surface area contributed by atoms with Crippen molar-refractivity contribution in [1.29, 1.82) is 0 Å². The van der Waals surface area contributed by atoms with Crippen LogP contribution in [0.4, 0.5) is 0 Å². The standard InChI is InChI=1S/C12H16N2O4/c1-4-14(7-11(16)18-3)12(17)9-6-13-8(2)5-10(9)15/h5-6H,4,7H2,1-3H3,(H,13,15). The summed E-state index contributed by atoms with van der Waals surface area (Å²) in [5.74, 6) is -1.00. The first-order valence-electron chi connectivity index (χ1n) is 5.55. The number of amides is 1. The van der Waals surface area contributed by atoms with Gasteiger partial charge in [0.05, 0.1) is 7.11 Å². The van der Waals surface area contributed by atoms with E-state index in [1.807, 2.05) is 0 Å². The summed E-state index contributed by atoms with van der Waals surface area (Å²) in [7, 11) is 1.25. The minimum absolute atomic E-state index is 0.0198. The number of aromatic nitrogens is 1. The van der Waals surface area contributed by atoms with Crippen LogP contribution in [0, 0.1) is 6.92 Å². The van der Waals surface area contributed by atoms with Crippen LogP contribution < -0.4 is 5.43 Å². The van der Waals surface area contributed by atoms with Gasteiger partial charge in [-0.2, -0.15) is 0 Å². The van der Waals surface area contributed by atoms with E-state index in [0.29, 0.717) is 12.2 Å². The molecule has 0 aliphatic rings. The highest BCUT2D eigenvalue weighted by Crippen LogP contribution is 2.00. The molecule has 0 spiro atoms. The summed E-state index contributed by atoms with van der Waals surface area (Å²) in [4.78, 5) is 38.9. The first-order chi connectivity index (χ1) is 8.49. The lowest BCUT2D eigenvalue weighted by atomic mass is 10.2. The molecule has 0 aliphatic heterocycles. The highest BCUT2D eigenvalue weighted by atomic mass is 16.5. The number of hydrogen-bond donors (Lipinski definition) is 1. The molecule has 0 bridgehead atoms. The fourth-order valence-corrected chi connectivity index (χ4v) is 1.46. The number of carbonyl (C=O) groups is 2. The van der Waals surface area contributed by atoms with Crippen molar-refractivity contribution in [2.24, 2.45) is 0 Å². The molecule has 0 fully saturated rings. The van der Waals surface area contributed by atoms with Crippen LogP contribution in [0.1, 0.15) is 23.0 Å². The maximum atomic E-state index is 12.1. The van der Waals surface area contributed by atoms with Crippen molar-refractivity contribution >= 4 is 11.9 Å². The maximum Gasteiger partial charge on any atom is 0.325 e. The molecular formula is C12H16N2O4. The lowest BCUT2D eigenvalue weighted by Gasteiger charge is -2.18. The number of aromatic amines is 1. The molecule has 0 aromatic carbocycles. The number of likely N-dealkylation sites (N-methyl/N-ethyl adjacent to an activating group) is 1. The quantitative estimate of drug-likeness (QED) is 0.782. The number of aryl methyl sites for hydroxylation is 1. The summed E-state index contributed by atoms with van der Waals surface area (Å²) in [6, 6.07) is 1.35. The zero-order chi connectivity index (χ0) is 13.7. The Balaban J connectivity index is 2.96. The molecule has 0 aliphatic carbocycles.